The van der Waals surface area contributed by atoms with Crippen molar-refractivity contribution >= 4 is 22.5 Å². The van der Waals surface area contributed by atoms with Gasteiger partial charge in [-0.3, -0.25) is 0 Å². The van der Waals surface area contributed by atoms with Crippen molar-refractivity contribution in [3.63, 3.8) is 0 Å². The van der Waals surface area contributed by atoms with Crippen molar-refractivity contribution in [2.24, 2.45) is 0 Å². The highest BCUT2D eigenvalue weighted by atomic mass is 32.2. The molecule has 78 valence electrons. The van der Waals surface area contributed by atoms with Gasteiger partial charge in [-0.05, 0) is 0 Å². The van der Waals surface area contributed by atoms with Gasteiger partial charge in [-0.1, -0.05) is 43.0 Å². The molecule has 1 aromatic heterocycles. The largest absolute Gasteiger partial charge is 0.395 e. The molecule has 0 amide bonds. The molecular formula is C11H12N2OS. The molecule has 1 N–H and O–H groups in total. The minimum atomic E-state index is 0.144. The van der Waals surface area contributed by atoms with Gasteiger partial charge >= 0.3 is 0 Å². The summed E-state index contributed by atoms with van der Waals surface area (Å²) < 4.78 is 0. The molecule has 0 spiro atoms. The Balaban J connectivity index is 2.42. The number of aromatic nitrogens is 2. The van der Waals surface area contributed by atoms with Crippen molar-refractivity contribution in [2.45, 2.75) is 17.2 Å². The highest BCUT2D eigenvalue weighted by Crippen LogP contribution is 2.27. The fourth-order valence-corrected chi connectivity index (χ4v) is 2.18. The molecule has 0 fully saturated rings. The molecule has 0 aliphatic heterocycles. The number of fused-ring (bicyclic) bond motifs is 1. The molecule has 1 unspecified atom stereocenters. The lowest BCUT2D eigenvalue weighted by Gasteiger charge is -2.07. The highest BCUT2D eigenvalue weighted by molar-refractivity contribution is 8.00. The number of hydrogen-bond donors (Lipinski definition) is 1. The second-order valence-corrected chi connectivity index (χ2v) is 4.78. The minimum absolute atomic E-state index is 0.144. The molecule has 1 atom stereocenters. The second-order valence-electron chi connectivity index (χ2n) is 3.35. The Hall–Kier alpha value is -1.13. The van der Waals surface area contributed by atoms with Crippen LogP contribution in [0.5, 0.6) is 0 Å². The van der Waals surface area contributed by atoms with E-state index in [2.05, 4.69) is 10.2 Å². The predicted molar refractivity (Wildman–Crippen MR) is 61.9 cm³/mol. The van der Waals surface area contributed by atoms with E-state index < -0.39 is 0 Å². The van der Waals surface area contributed by atoms with E-state index in [0.717, 1.165) is 15.8 Å². The van der Waals surface area contributed by atoms with E-state index in [9.17, 15) is 0 Å². The van der Waals surface area contributed by atoms with Crippen LogP contribution in [-0.2, 0) is 0 Å². The molecule has 0 aliphatic carbocycles. The Labute approximate surface area is 92.5 Å². The van der Waals surface area contributed by atoms with Crippen LogP contribution in [0, 0.1) is 0 Å². The fraction of sp³-hybridized carbons (Fsp3) is 0.273. The number of benzene rings is 1. The summed E-state index contributed by atoms with van der Waals surface area (Å²) >= 11 is 1.55. The molecule has 0 aliphatic rings. The molecule has 4 heteroatoms. The third-order valence-corrected chi connectivity index (χ3v) is 3.18. The third-order valence-electron chi connectivity index (χ3n) is 2.11. The van der Waals surface area contributed by atoms with Gasteiger partial charge in [0.1, 0.15) is 5.03 Å². The van der Waals surface area contributed by atoms with Crippen molar-refractivity contribution in [1.82, 2.24) is 10.2 Å². The lowest BCUT2D eigenvalue weighted by molar-refractivity contribution is 0.300. The molecule has 1 aromatic carbocycles. The van der Waals surface area contributed by atoms with E-state index in [-0.39, 0.29) is 11.9 Å². The van der Waals surface area contributed by atoms with Crippen LogP contribution in [0.2, 0.25) is 0 Å². The molecule has 1 heterocycles. The normalized spacial score (nSPS) is 12.9. The van der Waals surface area contributed by atoms with Gasteiger partial charge < -0.3 is 5.11 Å². The maximum absolute atomic E-state index is 9.00. The molecule has 0 bridgehead atoms. The van der Waals surface area contributed by atoms with Crippen molar-refractivity contribution in [2.75, 3.05) is 6.61 Å². The highest BCUT2D eigenvalue weighted by Gasteiger charge is 2.07. The number of nitrogens with zero attached hydrogens (tertiary/aromatic N) is 2. The smallest absolute Gasteiger partial charge is 0.127 e. The van der Waals surface area contributed by atoms with Crippen LogP contribution in [-0.4, -0.2) is 27.2 Å². The maximum Gasteiger partial charge on any atom is 0.127 e. The Morgan fingerprint density at radius 3 is 3.00 bits per heavy atom. The van der Waals surface area contributed by atoms with Crippen molar-refractivity contribution in [3.8, 4) is 0 Å². The lowest BCUT2D eigenvalue weighted by atomic mass is 10.2. The summed E-state index contributed by atoms with van der Waals surface area (Å²) in [6, 6.07) is 8.00. The molecule has 0 radical (unpaired) electrons. The first-order chi connectivity index (χ1) is 7.31. The van der Waals surface area contributed by atoms with Gasteiger partial charge in [0.15, 0.2) is 0 Å². The summed E-state index contributed by atoms with van der Waals surface area (Å²) in [6.45, 7) is 2.11. The van der Waals surface area contributed by atoms with Crippen LogP contribution < -0.4 is 0 Å². The quantitative estimate of drug-likeness (QED) is 0.805. The number of aliphatic hydroxyl groups excluding tert-OH is 1. The SMILES string of the molecule is CC(CO)Sc1nncc2ccccc12. The van der Waals surface area contributed by atoms with E-state index in [4.69, 9.17) is 5.11 Å². The minimum Gasteiger partial charge on any atom is -0.395 e. The van der Waals surface area contributed by atoms with Crippen LogP contribution in [0.3, 0.4) is 0 Å². The zero-order valence-corrected chi connectivity index (χ0v) is 9.24. The molecular weight excluding hydrogens is 208 g/mol. The zero-order valence-electron chi connectivity index (χ0n) is 8.42. The van der Waals surface area contributed by atoms with Crippen LogP contribution >= 0.6 is 11.8 Å². The molecule has 0 saturated carbocycles. The van der Waals surface area contributed by atoms with Gasteiger partial charge in [0.05, 0.1) is 12.8 Å². The summed E-state index contributed by atoms with van der Waals surface area (Å²) in [5.74, 6) is 0. The van der Waals surface area contributed by atoms with Crippen LogP contribution in [0.1, 0.15) is 6.92 Å². The van der Waals surface area contributed by atoms with E-state index in [1.165, 1.54) is 0 Å². The first-order valence-electron chi connectivity index (χ1n) is 4.79. The fourth-order valence-electron chi connectivity index (χ4n) is 1.32. The van der Waals surface area contributed by atoms with Gasteiger partial charge in [-0.25, -0.2) is 0 Å². The van der Waals surface area contributed by atoms with Crippen LogP contribution in [0.15, 0.2) is 35.5 Å². The second kappa shape index (κ2) is 4.59. The average Bonchev–Trinajstić information content (AvgIpc) is 2.29. The van der Waals surface area contributed by atoms with Gasteiger partial charge in [0.25, 0.3) is 0 Å². The first-order valence-corrected chi connectivity index (χ1v) is 5.67. The molecule has 15 heavy (non-hydrogen) atoms. The molecule has 3 nitrogen and oxygen atoms in total. The van der Waals surface area contributed by atoms with E-state index >= 15 is 0 Å². The number of aliphatic hydroxyl groups is 1. The van der Waals surface area contributed by atoms with E-state index in [0.29, 0.717) is 0 Å². The Morgan fingerprint density at radius 1 is 1.40 bits per heavy atom. The van der Waals surface area contributed by atoms with Gasteiger partial charge in [-0.15, -0.1) is 5.10 Å². The molecule has 2 rings (SSSR count). The topological polar surface area (TPSA) is 46.0 Å². The Bertz CT molecular complexity index is 456. The molecule has 0 saturated heterocycles. The van der Waals surface area contributed by atoms with Gasteiger partial charge in [0.2, 0.25) is 0 Å². The third kappa shape index (κ3) is 2.27. The average molecular weight is 220 g/mol. The van der Waals surface area contributed by atoms with Crippen LogP contribution in [0.25, 0.3) is 10.8 Å². The standard InChI is InChI=1S/C11H12N2OS/c1-8(7-14)15-11-10-5-3-2-4-9(10)6-12-13-11/h2-6,8,14H,7H2,1H3. The predicted octanol–water partition coefficient (Wildman–Crippen LogP) is 2.10. The van der Waals surface area contributed by atoms with Crippen LogP contribution in [0.4, 0.5) is 0 Å². The summed E-state index contributed by atoms with van der Waals surface area (Å²) in [5.41, 5.74) is 0. The monoisotopic (exact) mass is 220 g/mol. The Morgan fingerprint density at radius 2 is 2.20 bits per heavy atom. The zero-order chi connectivity index (χ0) is 10.7. The van der Waals surface area contributed by atoms with Gasteiger partial charge in [0, 0.05) is 16.0 Å². The summed E-state index contributed by atoms with van der Waals surface area (Å²) in [7, 11) is 0. The van der Waals surface area contributed by atoms with Gasteiger partial charge in [-0.2, -0.15) is 5.10 Å². The number of thioether (sulfide) groups is 1. The summed E-state index contributed by atoms with van der Waals surface area (Å²) in [6.07, 6.45) is 1.75. The molecule has 2 aromatic rings. The first kappa shape index (κ1) is 10.4. The van der Waals surface area contributed by atoms with E-state index in [1.807, 2.05) is 31.2 Å². The summed E-state index contributed by atoms with van der Waals surface area (Å²) in [5, 5.41) is 20.2. The van der Waals surface area contributed by atoms with E-state index in [1.54, 1.807) is 18.0 Å². The Kier molecular flexibility index (Phi) is 3.18. The summed E-state index contributed by atoms with van der Waals surface area (Å²) in [4.78, 5) is 0. The number of hydrogen-bond acceptors (Lipinski definition) is 4. The lowest BCUT2D eigenvalue weighted by Crippen LogP contribution is -2.02. The van der Waals surface area contributed by atoms with Crippen molar-refractivity contribution in [3.05, 3.63) is 30.5 Å². The van der Waals surface area contributed by atoms with Crippen molar-refractivity contribution in [1.29, 1.82) is 0 Å². The maximum atomic E-state index is 9.00. The number of rotatable bonds is 3. The van der Waals surface area contributed by atoms with Crippen molar-refractivity contribution < 1.29 is 5.11 Å².